The fourth-order valence-electron chi connectivity index (χ4n) is 0.982. The summed E-state index contributed by atoms with van der Waals surface area (Å²) in [4.78, 5) is 2.73. The van der Waals surface area contributed by atoms with Crippen LogP contribution < -0.4 is 51.4 Å². The summed E-state index contributed by atoms with van der Waals surface area (Å²) in [5.74, 6) is -0.0754. The number of nitrogens with zero attached hydrogens (tertiary/aromatic N) is 1. The van der Waals surface area contributed by atoms with Gasteiger partial charge in [-0.25, -0.2) is 0 Å². The molecule has 0 aliphatic heterocycles. The van der Waals surface area contributed by atoms with E-state index in [1.165, 1.54) is 0 Å². The van der Waals surface area contributed by atoms with Crippen molar-refractivity contribution in [2.45, 2.75) is 5.75 Å². The first-order valence-corrected chi connectivity index (χ1v) is 7.59. The van der Waals surface area contributed by atoms with Crippen LogP contribution in [0.1, 0.15) is 11.1 Å². The van der Waals surface area contributed by atoms with Crippen LogP contribution >= 0.6 is 10.8 Å². The van der Waals surface area contributed by atoms with Gasteiger partial charge >= 0.3 is 65.8 Å². The van der Waals surface area contributed by atoms with Gasteiger partial charge in [-0.05, 0) is 15.5 Å². The van der Waals surface area contributed by atoms with Crippen molar-refractivity contribution in [1.29, 1.82) is 0 Å². The molecule has 5 nitrogen and oxygen atoms in total. The van der Waals surface area contributed by atoms with Crippen LogP contribution in [0.3, 0.4) is 0 Å². The van der Waals surface area contributed by atoms with Crippen LogP contribution in [-0.4, -0.2) is 13.7 Å². The molecule has 0 fully saturated rings. The van der Waals surface area contributed by atoms with E-state index in [2.05, 4.69) is 15.9 Å². The zero-order valence-corrected chi connectivity index (χ0v) is 15.1. The maximum absolute atomic E-state index is 11.5. The summed E-state index contributed by atoms with van der Waals surface area (Å²) < 4.78 is 60.1. The van der Waals surface area contributed by atoms with Crippen LogP contribution in [0.25, 0.3) is 6.08 Å². The SMILES string of the molecule is C=Cc1ccc(CSS(=O)(=O)OO[N+](F)(F)F)cc1.[K+]. The second-order valence-corrected chi connectivity index (χ2v) is 6.57. The van der Waals surface area contributed by atoms with Crippen molar-refractivity contribution in [2.75, 3.05) is 0 Å². The van der Waals surface area contributed by atoms with Gasteiger partial charge < -0.3 is 0 Å². The molecule has 20 heavy (non-hydrogen) atoms. The Balaban J connectivity index is 0.00000361. The Morgan fingerprint density at radius 1 is 1.25 bits per heavy atom. The Hall–Kier alpha value is 0.566. The molecule has 1 aromatic carbocycles. The first-order chi connectivity index (χ1) is 8.72. The standard InChI is InChI=1S/C9H9F3NO4S2.K/c1-2-8-3-5-9(6-4-8)7-18-19(14,15)17-16-13(10,11)12;/h2-6H,1,7H2;/q2*+1. The van der Waals surface area contributed by atoms with E-state index in [4.69, 9.17) is 0 Å². The van der Waals surface area contributed by atoms with Gasteiger partial charge in [-0.1, -0.05) is 36.9 Å². The molecule has 1 aromatic rings. The Morgan fingerprint density at radius 2 is 1.80 bits per heavy atom. The predicted molar refractivity (Wildman–Crippen MR) is 62.5 cm³/mol. The molecule has 0 aliphatic rings. The van der Waals surface area contributed by atoms with Crippen molar-refractivity contribution in [1.82, 2.24) is 0 Å². The van der Waals surface area contributed by atoms with Crippen LogP contribution in [0.15, 0.2) is 30.8 Å². The predicted octanol–water partition coefficient (Wildman–Crippen LogP) is 0.145. The molecule has 0 atom stereocenters. The molecule has 0 saturated carbocycles. The maximum atomic E-state index is 11.5. The number of benzene rings is 1. The van der Waals surface area contributed by atoms with E-state index >= 15 is 0 Å². The minimum Gasteiger partial charge on any atom is -0.185 e. The normalized spacial score (nSPS) is 11.8. The molecule has 0 N–H and O–H groups in total. The molecule has 106 valence electrons. The van der Waals surface area contributed by atoms with Crippen molar-refractivity contribution >= 4 is 26.0 Å². The number of quaternary nitrogens is 1. The van der Waals surface area contributed by atoms with Crippen LogP contribution in [0, 0.1) is 0 Å². The van der Waals surface area contributed by atoms with E-state index in [-0.39, 0.29) is 67.9 Å². The first-order valence-electron chi connectivity index (χ1n) is 4.68. The number of rotatable bonds is 7. The van der Waals surface area contributed by atoms with Gasteiger partial charge in [-0.3, -0.25) is 0 Å². The number of hydrogen-bond acceptors (Lipinski definition) is 5. The fourth-order valence-corrected chi connectivity index (χ4v) is 2.67. The quantitative estimate of drug-likeness (QED) is 0.229. The van der Waals surface area contributed by atoms with E-state index < -0.39 is 14.5 Å². The van der Waals surface area contributed by atoms with Gasteiger partial charge in [-0.15, -0.1) is 0 Å². The van der Waals surface area contributed by atoms with Crippen LogP contribution in [0.5, 0.6) is 0 Å². The smallest absolute Gasteiger partial charge is 0.185 e. The van der Waals surface area contributed by atoms with Crippen molar-refractivity contribution < 1.29 is 87.9 Å². The summed E-state index contributed by atoms with van der Waals surface area (Å²) >= 11 is 0. The second kappa shape index (κ2) is 8.88. The summed E-state index contributed by atoms with van der Waals surface area (Å²) in [5.41, 5.74) is 1.44. The van der Waals surface area contributed by atoms with E-state index in [0.29, 0.717) is 5.56 Å². The van der Waals surface area contributed by atoms with Gasteiger partial charge in [0.05, 0.1) is 0 Å². The Kier molecular flexibility index (Phi) is 9.13. The monoisotopic (exact) mass is 355 g/mol. The molecule has 0 heterocycles. The summed E-state index contributed by atoms with van der Waals surface area (Å²) in [7, 11) is -4.31. The zero-order chi connectivity index (χ0) is 14.5. The van der Waals surface area contributed by atoms with Gasteiger partial charge in [0.15, 0.2) is 0 Å². The molecule has 0 aromatic heterocycles. The molecule has 0 spiro atoms. The van der Waals surface area contributed by atoms with Gasteiger partial charge in [0.25, 0.3) is 0 Å². The van der Waals surface area contributed by atoms with Crippen molar-refractivity contribution in [3.8, 4) is 0 Å². The molecule has 11 heteroatoms. The minimum atomic E-state index is -4.56. The van der Waals surface area contributed by atoms with Gasteiger partial charge in [0.1, 0.15) is 18.4 Å². The van der Waals surface area contributed by atoms with Gasteiger partial charge in [0, 0.05) is 16.5 Å². The molecule has 0 saturated heterocycles. The third kappa shape index (κ3) is 8.77. The zero-order valence-electron chi connectivity index (χ0n) is 10.3. The summed E-state index contributed by atoms with van der Waals surface area (Å²) in [5, 5.41) is -4.56. The summed E-state index contributed by atoms with van der Waals surface area (Å²) in [6, 6.07) is 6.64. The topological polar surface area (TPSA) is 52.6 Å². The third-order valence-electron chi connectivity index (χ3n) is 1.78. The van der Waals surface area contributed by atoms with Gasteiger partial charge in [0.2, 0.25) is 0 Å². The van der Waals surface area contributed by atoms with Crippen LogP contribution in [0.4, 0.5) is 13.4 Å². The van der Waals surface area contributed by atoms with E-state index in [9.17, 15) is 21.9 Å². The molecular formula is C9H9F3KNO4S2+2. The summed E-state index contributed by atoms with van der Waals surface area (Å²) in [6.07, 6.45) is 1.60. The van der Waals surface area contributed by atoms with Gasteiger partial charge in [-0.2, -0.15) is 8.42 Å². The van der Waals surface area contributed by atoms with Crippen molar-refractivity contribution in [2.24, 2.45) is 0 Å². The summed E-state index contributed by atoms with van der Waals surface area (Å²) in [6.45, 7) is 3.55. The fraction of sp³-hybridized carbons (Fsp3) is 0.111. The third-order valence-corrected chi connectivity index (χ3v) is 4.14. The molecular weight excluding hydrogens is 346 g/mol. The Bertz CT molecular complexity index is 533. The van der Waals surface area contributed by atoms with Crippen LogP contribution in [0.2, 0.25) is 0 Å². The molecule has 1 rings (SSSR count). The van der Waals surface area contributed by atoms with Crippen molar-refractivity contribution in [3.05, 3.63) is 42.0 Å². The maximum Gasteiger partial charge on any atom is 1.00 e. The van der Waals surface area contributed by atoms with E-state index in [0.717, 1.165) is 5.56 Å². The molecule has 0 bridgehead atoms. The first kappa shape index (κ1) is 20.6. The second-order valence-electron chi connectivity index (χ2n) is 3.16. The Labute approximate surface area is 159 Å². The number of hydrogen-bond donors (Lipinski definition) is 0. The van der Waals surface area contributed by atoms with Crippen LogP contribution in [-0.2, 0) is 24.2 Å². The molecule has 0 amide bonds. The largest absolute Gasteiger partial charge is 1.00 e. The molecule has 0 radical (unpaired) electrons. The number of halogens is 3. The Morgan fingerprint density at radius 3 is 2.25 bits per heavy atom. The molecule has 0 aliphatic carbocycles. The average molecular weight is 355 g/mol. The molecule has 0 unspecified atom stereocenters. The van der Waals surface area contributed by atoms with E-state index in [1.54, 1.807) is 30.3 Å². The van der Waals surface area contributed by atoms with E-state index in [1.807, 2.05) is 0 Å². The average Bonchev–Trinajstić information content (AvgIpc) is 2.34. The minimum absolute atomic E-state index is 0. The van der Waals surface area contributed by atoms with Crippen molar-refractivity contribution in [3.63, 3.8) is 0 Å².